The van der Waals surface area contributed by atoms with Crippen molar-refractivity contribution in [1.82, 2.24) is 0 Å². The fraction of sp³-hybridized carbons (Fsp3) is 0. The first-order valence-corrected chi connectivity index (χ1v) is 9.59. The lowest BCUT2D eigenvalue weighted by molar-refractivity contribution is -0.113. The molecule has 0 aliphatic carbocycles. The Morgan fingerprint density at radius 2 is 1.79 bits per heavy atom. The predicted octanol–water partition coefficient (Wildman–Crippen LogP) is 6.63. The van der Waals surface area contributed by atoms with Gasteiger partial charge in [0.05, 0.1) is 20.6 Å². The fourth-order valence-corrected chi connectivity index (χ4v) is 3.79. The van der Waals surface area contributed by atoms with E-state index in [-0.39, 0.29) is 10.6 Å². The van der Waals surface area contributed by atoms with Crippen LogP contribution in [0.2, 0.25) is 10.0 Å². The summed E-state index contributed by atoms with van der Waals surface area (Å²) in [7, 11) is 0. The third-order valence-corrected chi connectivity index (χ3v) is 5.60. The molecular formula is C20H10Cl2FNO3S. The number of carbonyl (C=O) groups excluding carboxylic acids is 2. The number of hydrogen-bond donors (Lipinski definition) is 0. The fourth-order valence-electron chi connectivity index (χ4n) is 2.67. The van der Waals surface area contributed by atoms with Crippen LogP contribution >= 0.6 is 35.0 Å². The molecular weight excluding hydrogens is 424 g/mol. The second-order valence-electron chi connectivity index (χ2n) is 5.80. The van der Waals surface area contributed by atoms with Crippen molar-refractivity contribution in [2.75, 3.05) is 4.90 Å². The van der Waals surface area contributed by atoms with E-state index in [1.54, 1.807) is 36.4 Å². The Hall–Kier alpha value is -2.54. The second-order valence-corrected chi connectivity index (χ2v) is 7.61. The predicted molar refractivity (Wildman–Crippen MR) is 109 cm³/mol. The smallest absolute Gasteiger partial charge is 0.298 e. The van der Waals surface area contributed by atoms with Crippen LogP contribution in [-0.2, 0) is 4.79 Å². The summed E-state index contributed by atoms with van der Waals surface area (Å²) in [5.41, 5.74) is 0.637. The van der Waals surface area contributed by atoms with E-state index in [9.17, 15) is 14.0 Å². The maximum absolute atomic E-state index is 14.0. The van der Waals surface area contributed by atoms with Gasteiger partial charge in [-0.05, 0) is 54.2 Å². The third-order valence-electron chi connectivity index (χ3n) is 3.99. The lowest BCUT2D eigenvalue weighted by Crippen LogP contribution is -2.28. The van der Waals surface area contributed by atoms with Crippen LogP contribution in [0.5, 0.6) is 0 Å². The van der Waals surface area contributed by atoms with Crippen molar-refractivity contribution >= 4 is 57.9 Å². The first-order chi connectivity index (χ1) is 13.4. The molecule has 8 heteroatoms. The number of benzene rings is 2. The van der Waals surface area contributed by atoms with E-state index < -0.39 is 17.0 Å². The molecule has 0 N–H and O–H groups in total. The van der Waals surface area contributed by atoms with Gasteiger partial charge >= 0.3 is 0 Å². The lowest BCUT2D eigenvalue weighted by atomic mass is 10.2. The number of para-hydroxylation sites is 1. The van der Waals surface area contributed by atoms with Crippen LogP contribution in [0.25, 0.3) is 17.4 Å². The van der Waals surface area contributed by atoms with Crippen LogP contribution in [0.1, 0.15) is 5.76 Å². The number of amides is 2. The van der Waals surface area contributed by atoms with Gasteiger partial charge in [-0.1, -0.05) is 35.3 Å². The molecule has 1 aliphatic heterocycles. The van der Waals surface area contributed by atoms with E-state index in [1.807, 2.05) is 0 Å². The molecule has 2 heterocycles. The van der Waals surface area contributed by atoms with Crippen LogP contribution in [0, 0.1) is 5.82 Å². The Balaban J connectivity index is 1.63. The standard InChI is InChI=1S/C20H10Cl2FNO3S/c21-13-7-5-11(9-14(13)22)17-8-6-12(27-17)10-18-19(25)24(20(26)28-18)16-4-2-1-3-15(16)23/h1-10H/b18-10+. The van der Waals surface area contributed by atoms with Crippen LogP contribution < -0.4 is 4.90 Å². The molecule has 0 bridgehead atoms. The Bertz CT molecular complexity index is 1140. The molecule has 2 aromatic carbocycles. The Morgan fingerprint density at radius 1 is 1.00 bits per heavy atom. The number of anilines is 1. The minimum absolute atomic E-state index is 0.0793. The number of rotatable bonds is 3. The van der Waals surface area contributed by atoms with Crippen molar-refractivity contribution in [3.8, 4) is 11.3 Å². The van der Waals surface area contributed by atoms with Crippen LogP contribution in [0.4, 0.5) is 14.9 Å². The number of halogens is 3. The summed E-state index contributed by atoms with van der Waals surface area (Å²) < 4.78 is 19.7. The van der Waals surface area contributed by atoms with Gasteiger partial charge in [-0.3, -0.25) is 9.59 Å². The van der Waals surface area contributed by atoms with E-state index in [2.05, 4.69) is 0 Å². The summed E-state index contributed by atoms with van der Waals surface area (Å²) in [6, 6.07) is 14.1. The molecule has 140 valence electrons. The molecule has 0 radical (unpaired) electrons. The molecule has 0 atom stereocenters. The molecule has 4 rings (SSSR count). The van der Waals surface area contributed by atoms with Crippen molar-refractivity contribution in [2.24, 2.45) is 0 Å². The molecule has 0 saturated carbocycles. The monoisotopic (exact) mass is 433 g/mol. The normalized spacial score (nSPS) is 15.7. The number of thioether (sulfide) groups is 1. The number of furan rings is 1. The maximum Gasteiger partial charge on any atom is 0.298 e. The highest BCUT2D eigenvalue weighted by molar-refractivity contribution is 8.19. The highest BCUT2D eigenvalue weighted by Gasteiger charge is 2.37. The van der Waals surface area contributed by atoms with Crippen LogP contribution in [-0.4, -0.2) is 11.1 Å². The molecule has 28 heavy (non-hydrogen) atoms. The molecule has 1 fully saturated rings. The maximum atomic E-state index is 14.0. The summed E-state index contributed by atoms with van der Waals surface area (Å²) in [6.45, 7) is 0. The van der Waals surface area contributed by atoms with Gasteiger partial charge in [-0.25, -0.2) is 9.29 Å². The van der Waals surface area contributed by atoms with Gasteiger partial charge in [0.1, 0.15) is 17.3 Å². The van der Waals surface area contributed by atoms with Crippen molar-refractivity contribution in [2.45, 2.75) is 0 Å². The van der Waals surface area contributed by atoms with Gasteiger partial charge in [0.15, 0.2) is 0 Å². The van der Waals surface area contributed by atoms with Gasteiger partial charge in [0.25, 0.3) is 11.1 Å². The van der Waals surface area contributed by atoms with Crippen LogP contribution in [0.3, 0.4) is 0 Å². The number of carbonyl (C=O) groups is 2. The van der Waals surface area contributed by atoms with E-state index in [0.717, 1.165) is 16.7 Å². The van der Waals surface area contributed by atoms with E-state index in [4.69, 9.17) is 27.6 Å². The van der Waals surface area contributed by atoms with Crippen molar-refractivity contribution in [3.63, 3.8) is 0 Å². The van der Waals surface area contributed by atoms with E-state index >= 15 is 0 Å². The number of nitrogens with zero attached hydrogens (tertiary/aromatic N) is 1. The number of hydrogen-bond acceptors (Lipinski definition) is 4. The molecule has 1 saturated heterocycles. The molecule has 0 spiro atoms. The molecule has 1 aliphatic rings. The van der Waals surface area contributed by atoms with Gasteiger partial charge < -0.3 is 4.42 Å². The average molecular weight is 434 g/mol. The molecule has 4 nitrogen and oxygen atoms in total. The summed E-state index contributed by atoms with van der Waals surface area (Å²) in [6.07, 6.45) is 1.45. The Labute approximate surface area is 173 Å². The van der Waals surface area contributed by atoms with Crippen LogP contribution in [0.15, 0.2) is 63.9 Å². The van der Waals surface area contributed by atoms with Gasteiger partial charge in [0.2, 0.25) is 0 Å². The van der Waals surface area contributed by atoms with E-state index in [0.29, 0.717) is 27.1 Å². The summed E-state index contributed by atoms with van der Waals surface area (Å²) in [4.78, 5) is 25.8. The van der Waals surface area contributed by atoms with Crippen molar-refractivity contribution < 1.29 is 18.4 Å². The SMILES string of the molecule is O=C1S/C(=C/c2ccc(-c3ccc(Cl)c(Cl)c3)o2)C(=O)N1c1ccccc1F. The molecule has 2 amide bonds. The number of imide groups is 1. The first kappa shape index (κ1) is 18.8. The molecule has 0 unspecified atom stereocenters. The Morgan fingerprint density at radius 3 is 2.54 bits per heavy atom. The third kappa shape index (κ3) is 3.46. The molecule has 3 aromatic rings. The second kappa shape index (κ2) is 7.47. The van der Waals surface area contributed by atoms with Gasteiger partial charge in [0, 0.05) is 11.6 Å². The minimum atomic E-state index is -0.647. The van der Waals surface area contributed by atoms with Crippen molar-refractivity contribution in [1.29, 1.82) is 0 Å². The first-order valence-electron chi connectivity index (χ1n) is 8.02. The summed E-state index contributed by atoms with van der Waals surface area (Å²) in [5.74, 6) is -0.350. The van der Waals surface area contributed by atoms with Crippen molar-refractivity contribution in [3.05, 3.63) is 81.1 Å². The van der Waals surface area contributed by atoms with Gasteiger partial charge in [-0.15, -0.1) is 0 Å². The lowest BCUT2D eigenvalue weighted by Gasteiger charge is -2.12. The largest absolute Gasteiger partial charge is 0.457 e. The molecule has 1 aromatic heterocycles. The highest BCUT2D eigenvalue weighted by Crippen LogP contribution is 2.37. The highest BCUT2D eigenvalue weighted by atomic mass is 35.5. The quantitative estimate of drug-likeness (QED) is 0.434. The zero-order valence-corrected chi connectivity index (χ0v) is 16.3. The summed E-state index contributed by atoms with van der Waals surface area (Å²) >= 11 is 12.7. The Kier molecular flexibility index (Phi) is 5.02. The zero-order valence-electron chi connectivity index (χ0n) is 14.0. The summed E-state index contributed by atoms with van der Waals surface area (Å²) in [5, 5.41) is 0.250. The van der Waals surface area contributed by atoms with E-state index in [1.165, 1.54) is 24.3 Å². The average Bonchev–Trinajstić information content (AvgIpc) is 3.23. The van der Waals surface area contributed by atoms with Gasteiger partial charge in [-0.2, -0.15) is 0 Å². The topological polar surface area (TPSA) is 50.5 Å². The minimum Gasteiger partial charge on any atom is -0.457 e. The zero-order chi connectivity index (χ0) is 19.8.